The van der Waals surface area contributed by atoms with Crippen molar-refractivity contribution in [2.24, 2.45) is 16.6 Å². The number of rotatable bonds is 7. The van der Waals surface area contributed by atoms with Crippen LogP contribution in [0.5, 0.6) is 0 Å². The molecule has 1 aliphatic heterocycles. The minimum absolute atomic E-state index is 0.210. The molecule has 1 aromatic rings. The van der Waals surface area contributed by atoms with Gasteiger partial charge < -0.3 is 16.0 Å². The van der Waals surface area contributed by atoms with Gasteiger partial charge in [-0.05, 0) is 44.6 Å². The van der Waals surface area contributed by atoms with Gasteiger partial charge in [0.05, 0.1) is 6.20 Å². The van der Waals surface area contributed by atoms with Crippen molar-refractivity contribution >= 4 is 11.9 Å². The van der Waals surface area contributed by atoms with Gasteiger partial charge in [0.2, 0.25) is 5.91 Å². The first kappa shape index (κ1) is 18.3. The summed E-state index contributed by atoms with van der Waals surface area (Å²) in [5.41, 5.74) is 6.53. The molecule has 1 fully saturated rings. The number of aliphatic imine (C=N–C) groups is 1. The highest BCUT2D eigenvalue weighted by atomic mass is 16.1. The second-order valence-electron chi connectivity index (χ2n) is 6.49. The molecule has 1 saturated heterocycles. The van der Waals surface area contributed by atoms with Gasteiger partial charge in [-0.3, -0.25) is 14.5 Å². The van der Waals surface area contributed by atoms with Crippen molar-refractivity contribution in [1.82, 2.24) is 20.0 Å². The number of aromatic nitrogens is 2. The number of hydrogen-bond acceptors (Lipinski definition) is 3. The second kappa shape index (κ2) is 9.30. The van der Waals surface area contributed by atoms with Crippen molar-refractivity contribution in [3.8, 4) is 0 Å². The average Bonchev–Trinajstić information content (AvgIpc) is 2.95. The van der Waals surface area contributed by atoms with Crippen LogP contribution in [-0.4, -0.2) is 52.7 Å². The fourth-order valence-electron chi connectivity index (χ4n) is 3.14. The molecule has 3 N–H and O–H groups in total. The normalized spacial score (nSPS) is 18.7. The zero-order valence-corrected chi connectivity index (χ0v) is 14.9. The van der Waals surface area contributed by atoms with Crippen LogP contribution in [0.4, 0.5) is 0 Å². The van der Waals surface area contributed by atoms with Gasteiger partial charge in [-0.2, -0.15) is 5.10 Å². The number of piperidine rings is 1. The number of nitrogens with one attached hydrogen (secondary N) is 1. The molecule has 1 atom stereocenters. The first-order valence-electron chi connectivity index (χ1n) is 8.89. The molecule has 0 aliphatic carbocycles. The number of amides is 1. The Hall–Kier alpha value is -2.05. The highest BCUT2D eigenvalue weighted by Gasteiger charge is 2.23. The Morgan fingerprint density at radius 1 is 1.54 bits per heavy atom. The van der Waals surface area contributed by atoms with Gasteiger partial charge >= 0.3 is 0 Å². The van der Waals surface area contributed by atoms with Crippen molar-refractivity contribution in [3.05, 3.63) is 18.0 Å². The molecular weight excluding hydrogens is 304 g/mol. The first-order chi connectivity index (χ1) is 11.6. The zero-order valence-electron chi connectivity index (χ0n) is 14.9. The van der Waals surface area contributed by atoms with Crippen LogP contribution in [0.2, 0.25) is 0 Å². The number of nitrogens with two attached hydrogens (primary N) is 1. The summed E-state index contributed by atoms with van der Waals surface area (Å²) in [5, 5.41) is 7.66. The van der Waals surface area contributed by atoms with E-state index in [-0.39, 0.29) is 5.91 Å². The van der Waals surface area contributed by atoms with Gasteiger partial charge in [-0.15, -0.1) is 0 Å². The molecule has 0 aromatic carbocycles. The topological polar surface area (TPSA) is 88.5 Å². The number of carbonyl (C=O) groups excluding carboxylic acids is 1. The van der Waals surface area contributed by atoms with E-state index in [4.69, 9.17) is 10.7 Å². The van der Waals surface area contributed by atoms with Crippen LogP contribution in [0.1, 0.15) is 38.2 Å². The maximum Gasteiger partial charge on any atom is 0.217 e. The largest absolute Gasteiger partial charge is 0.370 e. The minimum Gasteiger partial charge on any atom is -0.370 e. The van der Waals surface area contributed by atoms with E-state index in [2.05, 4.69) is 22.2 Å². The van der Waals surface area contributed by atoms with E-state index in [0.717, 1.165) is 57.9 Å². The Morgan fingerprint density at radius 3 is 3.04 bits per heavy atom. The summed E-state index contributed by atoms with van der Waals surface area (Å²) in [4.78, 5) is 18.2. The predicted molar refractivity (Wildman–Crippen MR) is 95.7 cm³/mol. The molecule has 0 bridgehead atoms. The van der Waals surface area contributed by atoms with Crippen molar-refractivity contribution in [2.45, 2.75) is 46.1 Å². The summed E-state index contributed by atoms with van der Waals surface area (Å²) in [7, 11) is 0. The van der Waals surface area contributed by atoms with Gasteiger partial charge in [-0.1, -0.05) is 0 Å². The number of likely N-dealkylation sites (tertiary alicyclic amines) is 1. The molecule has 7 nitrogen and oxygen atoms in total. The van der Waals surface area contributed by atoms with E-state index in [1.54, 1.807) is 0 Å². The lowest BCUT2D eigenvalue weighted by atomic mass is 9.95. The number of carbonyl (C=O) groups is 1. The summed E-state index contributed by atoms with van der Waals surface area (Å²) >= 11 is 0. The monoisotopic (exact) mass is 334 g/mol. The van der Waals surface area contributed by atoms with E-state index in [9.17, 15) is 4.79 Å². The number of guanidine groups is 1. The first-order valence-corrected chi connectivity index (χ1v) is 8.89. The Morgan fingerprint density at radius 2 is 2.38 bits per heavy atom. The van der Waals surface area contributed by atoms with Crippen molar-refractivity contribution < 1.29 is 4.79 Å². The molecule has 7 heteroatoms. The summed E-state index contributed by atoms with van der Waals surface area (Å²) in [6.45, 7) is 8.44. The van der Waals surface area contributed by atoms with E-state index in [1.165, 1.54) is 5.56 Å². The van der Waals surface area contributed by atoms with Gasteiger partial charge in [-0.25, -0.2) is 0 Å². The van der Waals surface area contributed by atoms with E-state index in [1.807, 2.05) is 24.0 Å². The predicted octanol–water partition coefficient (Wildman–Crippen LogP) is 1.13. The van der Waals surface area contributed by atoms with Crippen LogP contribution in [0.15, 0.2) is 17.4 Å². The van der Waals surface area contributed by atoms with Crippen LogP contribution >= 0.6 is 0 Å². The third kappa shape index (κ3) is 5.86. The molecule has 24 heavy (non-hydrogen) atoms. The molecule has 2 rings (SSSR count). The van der Waals surface area contributed by atoms with Gasteiger partial charge in [0.1, 0.15) is 0 Å². The standard InChI is InChI=1S/C17H30N6O/c1-3-19-17(20-7-5-9-23-12-14(2)11-21-23)22-8-4-6-15(13-22)10-16(18)24/h11-12,15H,3-10,13H2,1-2H3,(H2,18,24)(H,19,20). The van der Waals surface area contributed by atoms with Gasteiger partial charge in [0.25, 0.3) is 0 Å². The van der Waals surface area contributed by atoms with Crippen molar-refractivity contribution in [1.29, 1.82) is 0 Å². The molecule has 2 heterocycles. The second-order valence-corrected chi connectivity index (χ2v) is 6.49. The fraction of sp³-hybridized carbons (Fsp3) is 0.706. The van der Waals surface area contributed by atoms with Crippen LogP contribution in [0.3, 0.4) is 0 Å². The molecule has 1 unspecified atom stereocenters. The molecule has 134 valence electrons. The molecule has 0 saturated carbocycles. The highest BCUT2D eigenvalue weighted by Crippen LogP contribution is 2.19. The highest BCUT2D eigenvalue weighted by molar-refractivity contribution is 5.80. The molecule has 1 aliphatic rings. The quantitative estimate of drug-likeness (QED) is 0.444. The Kier molecular flexibility index (Phi) is 7.08. The lowest BCUT2D eigenvalue weighted by molar-refractivity contribution is -0.119. The minimum atomic E-state index is -0.210. The fourth-order valence-corrected chi connectivity index (χ4v) is 3.14. The number of primary amides is 1. The summed E-state index contributed by atoms with van der Waals surface area (Å²) in [5.74, 6) is 1.08. The average molecular weight is 334 g/mol. The third-order valence-corrected chi connectivity index (χ3v) is 4.21. The maximum absolute atomic E-state index is 11.2. The Bertz CT molecular complexity index is 553. The number of hydrogen-bond donors (Lipinski definition) is 2. The molecule has 1 amide bonds. The van der Waals surface area contributed by atoms with Crippen LogP contribution in [0.25, 0.3) is 0 Å². The molecule has 1 aromatic heterocycles. The summed E-state index contributed by atoms with van der Waals surface area (Å²) in [6, 6.07) is 0. The van der Waals surface area contributed by atoms with Crippen LogP contribution in [0, 0.1) is 12.8 Å². The Balaban J connectivity index is 1.85. The van der Waals surface area contributed by atoms with Crippen molar-refractivity contribution in [2.75, 3.05) is 26.2 Å². The Labute approximate surface area is 144 Å². The SMILES string of the molecule is CCNC(=NCCCn1cc(C)cn1)N1CCCC(CC(N)=O)C1. The van der Waals surface area contributed by atoms with Crippen molar-refractivity contribution in [3.63, 3.8) is 0 Å². The maximum atomic E-state index is 11.2. The zero-order chi connectivity index (χ0) is 17.4. The number of nitrogens with zero attached hydrogens (tertiary/aromatic N) is 4. The summed E-state index contributed by atoms with van der Waals surface area (Å²) < 4.78 is 1.96. The summed E-state index contributed by atoms with van der Waals surface area (Å²) in [6.07, 6.45) is 7.49. The van der Waals surface area contributed by atoms with Crippen LogP contribution < -0.4 is 11.1 Å². The smallest absolute Gasteiger partial charge is 0.217 e. The van der Waals surface area contributed by atoms with E-state index >= 15 is 0 Å². The lowest BCUT2D eigenvalue weighted by Crippen LogP contribution is -2.47. The molecule has 0 radical (unpaired) electrons. The molecular formula is C17H30N6O. The van der Waals surface area contributed by atoms with Gasteiger partial charge in [0, 0.05) is 45.3 Å². The molecule has 0 spiro atoms. The van der Waals surface area contributed by atoms with E-state index in [0.29, 0.717) is 12.3 Å². The lowest BCUT2D eigenvalue weighted by Gasteiger charge is -2.34. The van der Waals surface area contributed by atoms with Gasteiger partial charge in [0.15, 0.2) is 5.96 Å². The number of aryl methyl sites for hydroxylation is 2. The third-order valence-electron chi connectivity index (χ3n) is 4.21. The van der Waals surface area contributed by atoms with Crippen LogP contribution in [-0.2, 0) is 11.3 Å². The van der Waals surface area contributed by atoms with E-state index < -0.39 is 0 Å².